The van der Waals surface area contributed by atoms with Crippen molar-refractivity contribution in [2.75, 3.05) is 39.6 Å². The standard InChI is InChI=1S/C22H42O3/c1-3-5-6-7-8-9-10-11-12-13-14-15-16-18-24-20-22-25-21-19-23-17-4-2/h2H,3,5-22H2,1H3. The molecule has 0 spiro atoms. The van der Waals surface area contributed by atoms with Gasteiger partial charge >= 0.3 is 0 Å². The van der Waals surface area contributed by atoms with E-state index < -0.39 is 0 Å². The van der Waals surface area contributed by atoms with E-state index >= 15 is 0 Å². The van der Waals surface area contributed by atoms with Gasteiger partial charge in [0.1, 0.15) is 6.61 Å². The first-order valence-corrected chi connectivity index (χ1v) is 10.6. The van der Waals surface area contributed by atoms with Gasteiger partial charge in [-0.15, -0.1) is 6.42 Å². The van der Waals surface area contributed by atoms with Crippen molar-refractivity contribution in [2.45, 2.75) is 90.4 Å². The van der Waals surface area contributed by atoms with Gasteiger partial charge in [-0.3, -0.25) is 0 Å². The predicted octanol–water partition coefficient (Wildman–Crippen LogP) is 5.76. The Labute approximate surface area is 157 Å². The fourth-order valence-electron chi connectivity index (χ4n) is 2.79. The molecule has 0 fully saturated rings. The summed E-state index contributed by atoms with van der Waals surface area (Å²) in [6.07, 6.45) is 23.1. The second-order valence-electron chi connectivity index (χ2n) is 6.72. The Hall–Kier alpha value is -0.560. The number of hydrogen-bond donors (Lipinski definition) is 0. The molecule has 3 nitrogen and oxygen atoms in total. The summed E-state index contributed by atoms with van der Waals surface area (Å²) >= 11 is 0. The second kappa shape index (κ2) is 23.4. The molecule has 0 aromatic heterocycles. The van der Waals surface area contributed by atoms with E-state index in [0.29, 0.717) is 33.0 Å². The van der Waals surface area contributed by atoms with E-state index in [1.54, 1.807) is 0 Å². The third kappa shape index (κ3) is 23.4. The topological polar surface area (TPSA) is 27.7 Å². The molecule has 25 heavy (non-hydrogen) atoms. The number of unbranched alkanes of at least 4 members (excludes halogenated alkanes) is 12. The molecule has 0 heterocycles. The molecule has 0 bridgehead atoms. The molecule has 0 N–H and O–H groups in total. The maximum atomic E-state index is 5.56. The van der Waals surface area contributed by atoms with Gasteiger partial charge in [-0.1, -0.05) is 89.9 Å². The van der Waals surface area contributed by atoms with Gasteiger partial charge in [0, 0.05) is 6.61 Å². The van der Waals surface area contributed by atoms with E-state index in [-0.39, 0.29) is 0 Å². The second-order valence-corrected chi connectivity index (χ2v) is 6.72. The molecule has 148 valence electrons. The number of ether oxygens (including phenoxy) is 3. The average molecular weight is 355 g/mol. The third-order valence-corrected chi connectivity index (χ3v) is 4.32. The molecule has 0 saturated heterocycles. The normalized spacial score (nSPS) is 10.9. The van der Waals surface area contributed by atoms with Crippen molar-refractivity contribution < 1.29 is 14.2 Å². The van der Waals surface area contributed by atoms with Crippen molar-refractivity contribution in [3.63, 3.8) is 0 Å². The minimum atomic E-state index is 0.360. The maximum Gasteiger partial charge on any atom is 0.107 e. The lowest BCUT2D eigenvalue weighted by Crippen LogP contribution is -2.09. The molecule has 0 aliphatic carbocycles. The van der Waals surface area contributed by atoms with E-state index in [1.807, 2.05) is 0 Å². The lowest BCUT2D eigenvalue weighted by molar-refractivity contribution is 0.0195. The lowest BCUT2D eigenvalue weighted by Gasteiger charge is -2.06. The summed E-state index contributed by atoms with van der Waals surface area (Å²) in [6.45, 7) is 5.95. The highest BCUT2D eigenvalue weighted by molar-refractivity contribution is 4.82. The Balaban J connectivity index is 2.95. The van der Waals surface area contributed by atoms with Gasteiger partial charge in [-0.25, -0.2) is 0 Å². The third-order valence-electron chi connectivity index (χ3n) is 4.32. The number of terminal acetylenes is 1. The Kier molecular flexibility index (Phi) is 22.9. The van der Waals surface area contributed by atoms with Gasteiger partial charge in [-0.2, -0.15) is 0 Å². The van der Waals surface area contributed by atoms with Gasteiger partial charge < -0.3 is 14.2 Å². The van der Waals surface area contributed by atoms with E-state index in [2.05, 4.69) is 12.8 Å². The van der Waals surface area contributed by atoms with Crippen LogP contribution in [-0.4, -0.2) is 39.6 Å². The summed E-state index contributed by atoms with van der Waals surface area (Å²) in [5.74, 6) is 2.43. The lowest BCUT2D eigenvalue weighted by atomic mass is 10.0. The zero-order chi connectivity index (χ0) is 18.3. The zero-order valence-corrected chi connectivity index (χ0v) is 16.7. The highest BCUT2D eigenvalue weighted by Gasteiger charge is 1.95. The van der Waals surface area contributed by atoms with Crippen molar-refractivity contribution in [1.82, 2.24) is 0 Å². The van der Waals surface area contributed by atoms with Crippen LogP contribution in [0.1, 0.15) is 90.4 Å². The van der Waals surface area contributed by atoms with Crippen molar-refractivity contribution in [2.24, 2.45) is 0 Å². The smallest absolute Gasteiger partial charge is 0.107 e. The van der Waals surface area contributed by atoms with E-state index in [1.165, 1.54) is 83.5 Å². The van der Waals surface area contributed by atoms with Crippen LogP contribution in [0.3, 0.4) is 0 Å². The SMILES string of the molecule is C#CCOCCOCCOCCCCCCCCCCCCCCC. The summed E-state index contributed by atoms with van der Waals surface area (Å²) in [7, 11) is 0. The predicted molar refractivity (Wildman–Crippen MR) is 107 cm³/mol. The Morgan fingerprint density at radius 2 is 0.920 bits per heavy atom. The summed E-state index contributed by atoms with van der Waals surface area (Å²) in [4.78, 5) is 0. The van der Waals surface area contributed by atoms with Gasteiger partial charge in [0.05, 0.1) is 26.4 Å². The van der Waals surface area contributed by atoms with Gasteiger partial charge in [0.2, 0.25) is 0 Å². The summed E-state index contributed by atoms with van der Waals surface area (Å²) in [5, 5.41) is 0. The average Bonchev–Trinajstić information content (AvgIpc) is 2.63. The van der Waals surface area contributed by atoms with Crippen molar-refractivity contribution in [1.29, 1.82) is 0 Å². The first-order valence-electron chi connectivity index (χ1n) is 10.6. The van der Waals surface area contributed by atoms with Crippen LogP contribution in [0.15, 0.2) is 0 Å². The molecule has 0 aromatic rings. The molecule has 0 rings (SSSR count). The molecular weight excluding hydrogens is 312 g/mol. The molecule has 3 heteroatoms. The van der Waals surface area contributed by atoms with Gasteiger partial charge in [-0.05, 0) is 6.42 Å². The van der Waals surface area contributed by atoms with Gasteiger partial charge in [0.25, 0.3) is 0 Å². The van der Waals surface area contributed by atoms with Crippen LogP contribution < -0.4 is 0 Å². The molecule has 0 aliphatic heterocycles. The fraction of sp³-hybridized carbons (Fsp3) is 0.909. The summed E-state index contributed by atoms with van der Waals surface area (Å²) in [5.41, 5.74) is 0. The van der Waals surface area contributed by atoms with Crippen molar-refractivity contribution in [3.05, 3.63) is 0 Å². The van der Waals surface area contributed by atoms with E-state index in [0.717, 1.165) is 6.61 Å². The molecule has 0 saturated carbocycles. The van der Waals surface area contributed by atoms with Crippen molar-refractivity contribution in [3.8, 4) is 12.3 Å². The molecule has 0 radical (unpaired) electrons. The quantitative estimate of drug-likeness (QED) is 0.194. The number of rotatable bonds is 21. The first-order chi connectivity index (χ1) is 12.4. The zero-order valence-electron chi connectivity index (χ0n) is 16.7. The van der Waals surface area contributed by atoms with Crippen LogP contribution in [0.25, 0.3) is 0 Å². The summed E-state index contributed by atoms with van der Waals surface area (Å²) in [6, 6.07) is 0. The van der Waals surface area contributed by atoms with Crippen LogP contribution in [-0.2, 0) is 14.2 Å². The molecule has 0 aromatic carbocycles. The fourth-order valence-corrected chi connectivity index (χ4v) is 2.79. The Bertz CT molecular complexity index is 273. The molecule has 0 amide bonds. The van der Waals surface area contributed by atoms with Gasteiger partial charge in [0.15, 0.2) is 0 Å². The van der Waals surface area contributed by atoms with E-state index in [9.17, 15) is 0 Å². The molecule has 0 unspecified atom stereocenters. The van der Waals surface area contributed by atoms with Crippen LogP contribution >= 0.6 is 0 Å². The monoisotopic (exact) mass is 354 g/mol. The van der Waals surface area contributed by atoms with Crippen LogP contribution in [0.4, 0.5) is 0 Å². The van der Waals surface area contributed by atoms with Crippen molar-refractivity contribution >= 4 is 0 Å². The molecular formula is C22H42O3. The molecule has 0 aliphatic rings. The highest BCUT2D eigenvalue weighted by Crippen LogP contribution is 2.12. The highest BCUT2D eigenvalue weighted by atomic mass is 16.5. The minimum Gasteiger partial charge on any atom is -0.379 e. The Morgan fingerprint density at radius 3 is 1.40 bits per heavy atom. The van der Waals surface area contributed by atoms with Crippen LogP contribution in [0.5, 0.6) is 0 Å². The molecule has 0 atom stereocenters. The van der Waals surface area contributed by atoms with Crippen LogP contribution in [0, 0.1) is 12.3 Å². The maximum absolute atomic E-state index is 5.56. The first kappa shape index (κ1) is 24.4. The minimum absolute atomic E-state index is 0.360. The van der Waals surface area contributed by atoms with Crippen LogP contribution in [0.2, 0.25) is 0 Å². The van der Waals surface area contributed by atoms with E-state index in [4.69, 9.17) is 20.6 Å². The Morgan fingerprint density at radius 1 is 0.520 bits per heavy atom. The number of hydrogen-bond acceptors (Lipinski definition) is 3. The largest absolute Gasteiger partial charge is 0.379 e. The summed E-state index contributed by atoms with van der Waals surface area (Å²) < 4.78 is 16.1.